The van der Waals surface area contributed by atoms with Crippen molar-refractivity contribution < 1.29 is 19.4 Å². The van der Waals surface area contributed by atoms with Crippen molar-refractivity contribution >= 4 is 28.5 Å². The minimum absolute atomic E-state index is 0.0844. The smallest absolute Gasteiger partial charge is 0.256 e. The number of carbonyl (C=O) groups excluding carboxylic acids is 2. The maximum Gasteiger partial charge on any atom is 0.256 e. The molecule has 0 spiro atoms. The normalized spacial score (nSPS) is 15.4. The minimum Gasteiger partial charge on any atom is -0.393 e. The van der Waals surface area contributed by atoms with E-state index in [-0.39, 0.29) is 30.4 Å². The van der Waals surface area contributed by atoms with Gasteiger partial charge in [0.1, 0.15) is 12.4 Å². The molecule has 2 N–H and O–H groups in total. The highest BCUT2D eigenvalue weighted by Crippen LogP contribution is 2.32. The number of imidazole rings is 1. The first-order chi connectivity index (χ1) is 17.0. The van der Waals surface area contributed by atoms with Crippen LogP contribution in [0.25, 0.3) is 22.4 Å². The van der Waals surface area contributed by atoms with Crippen LogP contribution in [-0.2, 0) is 16.1 Å². The molecule has 1 fully saturated rings. The molecule has 1 aliphatic heterocycles. The number of aryl methyl sites for hydroxylation is 1. The van der Waals surface area contributed by atoms with Crippen LogP contribution in [-0.4, -0.2) is 69.3 Å². The predicted molar refractivity (Wildman–Crippen MR) is 134 cm³/mol. The summed E-state index contributed by atoms with van der Waals surface area (Å²) >= 11 is 0. The minimum atomic E-state index is -0.332. The number of rotatable bonds is 8. The lowest BCUT2D eigenvalue weighted by Gasteiger charge is -2.34. The summed E-state index contributed by atoms with van der Waals surface area (Å²) in [6.45, 7) is 5.69. The number of likely N-dealkylation sites (tertiary alicyclic amines) is 1. The number of aliphatic hydroxyl groups excluding tert-OH is 1. The maximum atomic E-state index is 13.8. The number of aliphatic hydroxyl groups is 1. The SMILES string of the molecule is CCC(O)C1CCN(C(=O)c2cc(NC(=O)COC)cc3nc(-c4cccnc4)n(CC)c23)CC1. The van der Waals surface area contributed by atoms with Crippen LogP contribution in [0.2, 0.25) is 0 Å². The Balaban J connectivity index is 1.77. The van der Waals surface area contributed by atoms with E-state index in [2.05, 4.69) is 10.3 Å². The Morgan fingerprint density at radius 3 is 2.66 bits per heavy atom. The first-order valence-electron chi connectivity index (χ1n) is 12.2. The van der Waals surface area contributed by atoms with Gasteiger partial charge in [0.2, 0.25) is 5.91 Å². The van der Waals surface area contributed by atoms with E-state index in [0.29, 0.717) is 36.4 Å². The summed E-state index contributed by atoms with van der Waals surface area (Å²) in [5.41, 5.74) is 3.20. The van der Waals surface area contributed by atoms with Gasteiger partial charge in [-0.05, 0) is 56.4 Å². The second-order valence-electron chi connectivity index (χ2n) is 8.90. The van der Waals surface area contributed by atoms with Gasteiger partial charge in [-0.1, -0.05) is 6.92 Å². The number of nitrogens with zero attached hydrogens (tertiary/aromatic N) is 4. The Kier molecular flexibility index (Phi) is 7.77. The van der Waals surface area contributed by atoms with Crippen molar-refractivity contribution in [2.45, 2.75) is 45.8 Å². The average molecular weight is 480 g/mol. The second kappa shape index (κ2) is 11.0. The number of nitrogens with one attached hydrogen (secondary N) is 1. The Morgan fingerprint density at radius 1 is 1.26 bits per heavy atom. The summed E-state index contributed by atoms with van der Waals surface area (Å²) in [5.74, 6) is 0.522. The van der Waals surface area contributed by atoms with Crippen molar-refractivity contribution in [1.82, 2.24) is 19.4 Å². The van der Waals surface area contributed by atoms with Gasteiger partial charge in [-0.15, -0.1) is 0 Å². The van der Waals surface area contributed by atoms with Gasteiger partial charge in [-0.2, -0.15) is 0 Å². The van der Waals surface area contributed by atoms with Gasteiger partial charge in [-0.3, -0.25) is 14.6 Å². The number of piperidine rings is 1. The lowest BCUT2D eigenvalue weighted by Crippen LogP contribution is -2.41. The molecule has 0 radical (unpaired) electrons. The van der Waals surface area contributed by atoms with Gasteiger partial charge < -0.3 is 24.6 Å². The standard InChI is InChI=1S/C26H33N5O4/c1-4-22(32)17-8-11-30(12-9-17)26(34)20-13-19(28-23(33)16-35-3)14-21-24(20)31(5-2)25(29-21)18-7-6-10-27-15-18/h6-7,10,13-15,17,22,32H,4-5,8-9,11-12,16H2,1-3H3,(H,28,33). The maximum absolute atomic E-state index is 13.8. The summed E-state index contributed by atoms with van der Waals surface area (Å²) in [6.07, 6.45) is 5.38. The number of anilines is 1. The number of ether oxygens (including phenoxy) is 1. The van der Waals surface area contributed by atoms with Gasteiger partial charge in [0.15, 0.2) is 0 Å². The molecule has 186 valence electrons. The lowest BCUT2D eigenvalue weighted by atomic mass is 9.89. The van der Waals surface area contributed by atoms with Gasteiger partial charge in [-0.25, -0.2) is 4.98 Å². The molecular formula is C26H33N5O4. The molecule has 9 heteroatoms. The summed E-state index contributed by atoms with van der Waals surface area (Å²) in [6, 6.07) is 7.31. The van der Waals surface area contributed by atoms with E-state index in [0.717, 1.165) is 36.2 Å². The summed E-state index contributed by atoms with van der Waals surface area (Å²) < 4.78 is 6.96. The molecule has 3 heterocycles. The number of fused-ring (bicyclic) bond motifs is 1. The molecule has 1 saturated heterocycles. The molecule has 35 heavy (non-hydrogen) atoms. The molecule has 0 aliphatic carbocycles. The highest BCUT2D eigenvalue weighted by atomic mass is 16.5. The fourth-order valence-electron chi connectivity index (χ4n) is 4.85. The monoisotopic (exact) mass is 479 g/mol. The summed E-state index contributed by atoms with van der Waals surface area (Å²) in [7, 11) is 1.46. The highest BCUT2D eigenvalue weighted by Gasteiger charge is 2.29. The second-order valence-corrected chi connectivity index (χ2v) is 8.90. The summed E-state index contributed by atoms with van der Waals surface area (Å²) in [5, 5.41) is 13.1. The number of aromatic nitrogens is 3. The summed E-state index contributed by atoms with van der Waals surface area (Å²) in [4.78, 5) is 36.9. The third-order valence-electron chi connectivity index (χ3n) is 6.66. The Morgan fingerprint density at radius 2 is 2.03 bits per heavy atom. The van der Waals surface area contributed by atoms with E-state index in [9.17, 15) is 14.7 Å². The zero-order chi connectivity index (χ0) is 24.9. The van der Waals surface area contributed by atoms with Crippen LogP contribution in [0, 0.1) is 5.92 Å². The first kappa shape index (κ1) is 24.8. The van der Waals surface area contributed by atoms with Crippen LogP contribution in [0.15, 0.2) is 36.7 Å². The van der Waals surface area contributed by atoms with Crippen molar-refractivity contribution in [3.05, 3.63) is 42.2 Å². The third kappa shape index (κ3) is 5.21. The largest absolute Gasteiger partial charge is 0.393 e. The number of methoxy groups -OCH3 is 1. The van der Waals surface area contributed by atoms with Crippen molar-refractivity contribution in [3.63, 3.8) is 0 Å². The van der Waals surface area contributed by atoms with Crippen molar-refractivity contribution in [1.29, 1.82) is 0 Å². The van der Waals surface area contributed by atoms with E-state index in [1.165, 1.54) is 7.11 Å². The van der Waals surface area contributed by atoms with E-state index >= 15 is 0 Å². The van der Waals surface area contributed by atoms with Crippen LogP contribution in [0.4, 0.5) is 5.69 Å². The predicted octanol–water partition coefficient (Wildman–Crippen LogP) is 3.33. The van der Waals surface area contributed by atoms with Gasteiger partial charge in [0.25, 0.3) is 5.91 Å². The molecule has 1 aromatic carbocycles. The zero-order valence-corrected chi connectivity index (χ0v) is 20.5. The molecule has 0 saturated carbocycles. The molecule has 0 bridgehead atoms. The number of benzene rings is 1. The van der Waals surface area contributed by atoms with E-state index in [1.54, 1.807) is 24.5 Å². The van der Waals surface area contributed by atoms with Gasteiger partial charge in [0.05, 0.1) is 22.7 Å². The molecule has 2 amide bonds. The van der Waals surface area contributed by atoms with Crippen LogP contribution in [0.1, 0.15) is 43.5 Å². The van der Waals surface area contributed by atoms with Crippen LogP contribution in [0.3, 0.4) is 0 Å². The number of amides is 2. The highest BCUT2D eigenvalue weighted by molar-refractivity contribution is 6.08. The topological polar surface area (TPSA) is 110 Å². The number of hydrogen-bond acceptors (Lipinski definition) is 6. The van der Waals surface area contributed by atoms with Crippen LogP contribution >= 0.6 is 0 Å². The Hall–Kier alpha value is -3.30. The molecule has 9 nitrogen and oxygen atoms in total. The fraction of sp³-hybridized carbons (Fsp3) is 0.462. The number of carbonyl (C=O) groups is 2. The Bertz CT molecular complexity index is 1190. The Labute approximate surface area is 205 Å². The molecule has 2 aromatic heterocycles. The van der Waals surface area contributed by atoms with Crippen molar-refractivity contribution in [3.8, 4) is 11.4 Å². The van der Waals surface area contributed by atoms with Crippen LogP contribution < -0.4 is 5.32 Å². The van der Waals surface area contributed by atoms with E-state index in [1.807, 2.05) is 35.4 Å². The van der Waals surface area contributed by atoms with Crippen LogP contribution in [0.5, 0.6) is 0 Å². The quantitative estimate of drug-likeness (QED) is 0.513. The van der Waals surface area contributed by atoms with E-state index < -0.39 is 0 Å². The number of hydrogen-bond donors (Lipinski definition) is 2. The van der Waals surface area contributed by atoms with Crippen molar-refractivity contribution in [2.75, 3.05) is 32.1 Å². The number of pyridine rings is 1. The molecular weight excluding hydrogens is 446 g/mol. The average Bonchev–Trinajstić information content (AvgIpc) is 3.26. The molecule has 4 rings (SSSR count). The lowest BCUT2D eigenvalue weighted by molar-refractivity contribution is -0.119. The van der Waals surface area contributed by atoms with Gasteiger partial charge >= 0.3 is 0 Å². The molecule has 1 atom stereocenters. The van der Waals surface area contributed by atoms with Gasteiger partial charge in [0, 0.05) is 50.4 Å². The molecule has 1 aliphatic rings. The third-order valence-corrected chi connectivity index (χ3v) is 6.66. The zero-order valence-electron chi connectivity index (χ0n) is 20.5. The molecule has 3 aromatic rings. The molecule has 1 unspecified atom stereocenters. The fourth-order valence-corrected chi connectivity index (χ4v) is 4.85. The first-order valence-corrected chi connectivity index (χ1v) is 12.2. The van der Waals surface area contributed by atoms with Crippen molar-refractivity contribution in [2.24, 2.45) is 5.92 Å². The van der Waals surface area contributed by atoms with E-state index in [4.69, 9.17) is 9.72 Å².